The molecule has 1 aromatic rings. The molecular formula is C13H16O7P-. The molecule has 7 nitrogen and oxygen atoms in total. The van der Waals surface area contributed by atoms with Crippen molar-refractivity contribution in [2.24, 2.45) is 0 Å². The van der Waals surface area contributed by atoms with Gasteiger partial charge in [-0.05, 0) is 17.7 Å². The van der Waals surface area contributed by atoms with E-state index in [1.165, 1.54) is 12.1 Å². The molecule has 0 amide bonds. The zero-order valence-electron chi connectivity index (χ0n) is 11.7. The minimum absolute atomic E-state index is 0.209. The maximum atomic E-state index is 11.5. The SMILES string of the molecule is CCC(=O)Oc1ccc(COP(=O)([O-])CC(=O)OC)cc1. The fraction of sp³-hybridized carbons (Fsp3) is 0.385. The third-order valence-corrected chi connectivity index (χ3v) is 3.59. The number of carbonyl (C=O) groups excluding carboxylic acids is 2. The van der Waals surface area contributed by atoms with Crippen LogP contribution in [0.3, 0.4) is 0 Å². The Hall–Kier alpha value is -1.69. The highest BCUT2D eigenvalue weighted by atomic mass is 31.2. The monoisotopic (exact) mass is 315 g/mol. The smallest absolute Gasteiger partial charge is 0.314 e. The molecule has 1 unspecified atom stereocenters. The molecule has 0 spiro atoms. The predicted molar refractivity (Wildman–Crippen MR) is 71.6 cm³/mol. The number of methoxy groups -OCH3 is 1. The molecule has 0 fully saturated rings. The summed E-state index contributed by atoms with van der Waals surface area (Å²) in [4.78, 5) is 33.4. The quantitative estimate of drug-likeness (QED) is 0.424. The van der Waals surface area contributed by atoms with Crippen molar-refractivity contribution < 1.29 is 33.0 Å². The molecule has 0 aromatic heterocycles. The number of hydrogen-bond donors (Lipinski definition) is 0. The van der Waals surface area contributed by atoms with Gasteiger partial charge >= 0.3 is 11.9 Å². The topological polar surface area (TPSA) is 102 Å². The van der Waals surface area contributed by atoms with E-state index in [0.717, 1.165) is 7.11 Å². The lowest BCUT2D eigenvalue weighted by Gasteiger charge is -2.21. The van der Waals surface area contributed by atoms with E-state index in [-0.39, 0.29) is 19.0 Å². The van der Waals surface area contributed by atoms with Crippen LogP contribution in [0, 0.1) is 0 Å². The van der Waals surface area contributed by atoms with Crippen LogP contribution < -0.4 is 9.63 Å². The fourth-order valence-electron chi connectivity index (χ4n) is 1.30. The maximum absolute atomic E-state index is 11.5. The Bertz CT molecular complexity index is 538. The molecule has 1 rings (SSSR count). The Balaban J connectivity index is 2.54. The van der Waals surface area contributed by atoms with Gasteiger partial charge in [-0.2, -0.15) is 0 Å². The van der Waals surface area contributed by atoms with Crippen LogP contribution in [0.5, 0.6) is 5.75 Å². The highest BCUT2D eigenvalue weighted by Crippen LogP contribution is 2.37. The Morgan fingerprint density at radius 1 is 1.19 bits per heavy atom. The summed E-state index contributed by atoms with van der Waals surface area (Å²) in [5.41, 5.74) is 0.562. The van der Waals surface area contributed by atoms with E-state index < -0.39 is 19.7 Å². The van der Waals surface area contributed by atoms with Crippen LogP contribution in [-0.4, -0.2) is 25.2 Å². The van der Waals surface area contributed by atoms with E-state index in [4.69, 9.17) is 9.26 Å². The third-order valence-electron chi connectivity index (χ3n) is 2.42. The van der Waals surface area contributed by atoms with Crippen LogP contribution in [0.15, 0.2) is 24.3 Å². The van der Waals surface area contributed by atoms with Crippen LogP contribution in [0.1, 0.15) is 18.9 Å². The second-order valence-corrected chi connectivity index (χ2v) is 5.89. The van der Waals surface area contributed by atoms with Crippen LogP contribution in [-0.2, 0) is 30.0 Å². The molecule has 0 radical (unpaired) electrons. The molecule has 1 atom stereocenters. The molecule has 0 aliphatic rings. The van der Waals surface area contributed by atoms with Gasteiger partial charge in [0.15, 0.2) is 0 Å². The molecule has 21 heavy (non-hydrogen) atoms. The first kappa shape index (κ1) is 17.4. The first-order chi connectivity index (χ1) is 9.86. The Morgan fingerprint density at radius 2 is 1.81 bits per heavy atom. The van der Waals surface area contributed by atoms with E-state index >= 15 is 0 Å². The van der Waals surface area contributed by atoms with Gasteiger partial charge in [-0.3, -0.25) is 9.59 Å². The minimum Gasteiger partial charge on any atom is -0.778 e. The van der Waals surface area contributed by atoms with Crippen molar-refractivity contribution in [3.8, 4) is 5.75 Å². The lowest BCUT2D eigenvalue weighted by molar-refractivity contribution is -0.200. The summed E-state index contributed by atoms with van der Waals surface area (Å²) in [5, 5.41) is 0. The number of benzene rings is 1. The van der Waals surface area contributed by atoms with E-state index in [9.17, 15) is 19.0 Å². The lowest BCUT2D eigenvalue weighted by Crippen LogP contribution is -2.16. The number of hydrogen-bond acceptors (Lipinski definition) is 7. The van der Waals surface area contributed by atoms with Crippen molar-refractivity contribution >= 4 is 19.5 Å². The van der Waals surface area contributed by atoms with Gasteiger partial charge in [0.05, 0.1) is 13.7 Å². The summed E-state index contributed by atoms with van der Waals surface area (Å²) in [6, 6.07) is 6.19. The molecular weight excluding hydrogens is 299 g/mol. The number of ether oxygens (including phenoxy) is 2. The van der Waals surface area contributed by atoms with Crippen LogP contribution in [0.4, 0.5) is 0 Å². The average Bonchev–Trinajstić information content (AvgIpc) is 2.46. The fourth-order valence-corrected chi connectivity index (χ4v) is 2.18. The van der Waals surface area contributed by atoms with Crippen molar-refractivity contribution in [3.05, 3.63) is 29.8 Å². The van der Waals surface area contributed by atoms with Crippen molar-refractivity contribution in [3.63, 3.8) is 0 Å². The lowest BCUT2D eigenvalue weighted by atomic mass is 10.2. The molecule has 0 aliphatic heterocycles. The Labute approximate surface area is 122 Å². The minimum atomic E-state index is -4.28. The van der Waals surface area contributed by atoms with Gasteiger partial charge in [-0.15, -0.1) is 0 Å². The van der Waals surface area contributed by atoms with Crippen LogP contribution >= 0.6 is 7.60 Å². The summed E-state index contributed by atoms with van der Waals surface area (Å²) in [5.74, 6) is -0.873. The van der Waals surface area contributed by atoms with Crippen molar-refractivity contribution in [2.75, 3.05) is 13.3 Å². The van der Waals surface area contributed by atoms with Crippen molar-refractivity contribution in [1.29, 1.82) is 0 Å². The molecule has 0 aliphatic carbocycles. The number of esters is 2. The summed E-state index contributed by atoms with van der Waals surface area (Å²) < 4.78 is 25.4. The highest BCUT2D eigenvalue weighted by Gasteiger charge is 2.15. The Morgan fingerprint density at radius 3 is 2.33 bits per heavy atom. The molecule has 0 saturated heterocycles. The molecule has 0 N–H and O–H groups in total. The first-order valence-electron chi connectivity index (χ1n) is 6.17. The largest absolute Gasteiger partial charge is 0.778 e. The molecule has 0 heterocycles. The molecule has 116 valence electrons. The maximum Gasteiger partial charge on any atom is 0.314 e. The molecule has 1 aromatic carbocycles. The molecule has 0 saturated carbocycles. The molecule has 8 heteroatoms. The second kappa shape index (κ2) is 7.93. The van der Waals surface area contributed by atoms with E-state index in [2.05, 4.69) is 4.74 Å². The van der Waals surface area contributed by atoms with E-state index in [0.29, 0.717) is 11.3 Å². The molecule has 0 bridgehead atoms. The second-order valence-electron chi connectivity index (χ2n) is 4.09. The standard InChI is InChI=1S/C13H17O7P/c1-3-12(14)20-11-6-4-10(5-7-11)8-19-21(16,17)9-13(15)18-2/h4-7H,3,8-9H2,1-2H3,(H,16,17)/p-1. The summed E-state index contributed by atoms with van der Waals surface area (Å²) in [6.45, 7) is 1.47. The van der Waals surface area contributed by atoms with Gasteiger partial charge in [-0.1, -0.05) is 19.1 Å². The first-order valence-corrected chi connectivity index (χ1v) is 7.90. The van der Waals surface area contributed by atoms with Gasteiger partial charge < -0.3 is 23.5 Å². The zero-order valence-corrected chi connectivity index (χ0v) is 12.6. The average molecular weight is 315 g/mol. The summed E-state index contributed by atoms with van der Waals surface area (Å²) in [6.07, 6.45) is -0.548. The number of carbonyl (C=O) groups is 2. The predicted octanol–water partition coefficient (Wildman–Crippen LogP) is 1.24. The summed E-state index contributed by atoms with van der Waals surface area (Å²) in [7, 11) is -3.18. The van der Waals surface area contributed by atoms with Gasteiger partial charge in [0.1, 0.15) is 19.5 Å². The zero-order chi connectivity index (χ0) is 15.9. The Kier molecular flexibility index (Phi) is 6.55. The normalized spacial score (nSPS) is 13.3. The van der Waals surface area contributed by atoms with Gasteiger partial charge in [0.2, 0.25) is 0 Å². The summed E-state index contributed by atoms with van der Waals surface area (Å²) >= 11 is 0. The van der Waals surface area contributed by atoms with Gasteiger partial charge in [0.25, 0.3) is 0 Å². The van der Waals surface area contributed by atoms with Crippen molar-refractivity contribution in [1.82, 2.24) is 0 Å². The van der Waals surface area contributed by atoms with Crippen LogP contribution in [0.25, 0.3) is 0 Å². The third kappa shape index (κ3) is 6.53. The van der Waals surface area contributed by atoms with E-state index in [1.807, 2.05) is 0 Å². The van der Waals surface area contributed by atoms with Crippen molar-refractivity contribution in [2.45, 2.75) is 20.0 Å². The van der Waals surface area contributed by atoms with Gasteiger partial charge in [-0.25, -0.2) is 0 Å². The van der Waals surface area contributed by atoms with Gasteiger partial charge in [0, 0.05) is 6.42 Å². The number of rotatable bonds is 7. The van der Waals surface area contributed by atoms with Crippen LogP contribution in [0.2, 0.25) is 0 Å². The van der Waals surface area contributed by atoms with E-state index in [1.54, 1.807) is 19.1 Å². The highest BCUT2D eigenvalue weighted by molar-refractivity contribution is 7.52.